The zero-order chi connectivity index (χ0) is 53.8. The zero-order valence-electron chi connectivity index (χ0n) is 44.0. The molecule has 1 aliphatic rings. The number of oxazole rings is 3. The number of allylic oxidation sites excluding steroid dienone is 1. The minimum atomic E-state index is -1.19. The van der Waals surface area contributed by atoms with Gasteiger partial charge < -0.3 is 61.2 Å². The second-order valence-electron chi connectivity index (χ2n) is 18.5. The van der Waals surface area contributed by atoms with Gasteiger partial charge in [-0.1, -0.05) is 52.8 Å². The molecule has 6 bridgehead atoms. The van der Waals surface area contributed by atoms with Crippen LogP contribution in [0.2, 0.25) is 0 Å². The highest BCUT2D eigenvalue weighted by molar-refractivity contribution is 5.92. The Morgan fingerprint density at radius 2 is 1.55 bits per heavy atom. The Labute approximate surface area is 426 Å². The number of cyclic esters (lactones) is 1. The molecule has 0 aromatic carbocycles. The van der Waals surface area contributed by atoms with Gasteiger partial charge in [-0.25, -0.2) is 19.7 Å². The molecular formula is C52H74N4O17. The number of carbonyl (C=O) groups is 5. The number of esters is 3. The fourth-order valence-electron chi connectivity index (χ4n) is 8.59. The van der Waals surface area contributed by atoms with E-state index in [-0.39, 0.29) is 60.9 Å². The van der Waals surface area contributed by atoms with E-state index in [4.69, 9.17) is 51.1 Å². The first-order chi connectivity index (χ1) is 34.9. The van der Waals surface area contributed by atoms with Gasteiger partial charge in [-0.2, -0.15) is 0 Å². The molecule has 0 spiro atoms. The highest BCUT2D eigenvalue weighted by Gasteiger charge is 2.38. The van der Waals surface area contributed by atoms with Gasteiger partial charge in [-0.05, 0) is 43.8 Å². The molecule has 0 fully saturated rings. The van der Waals surface area contributed by atoms with Crippen molar-refractivity contribution in [2.45, 2.75) is 129 Å². The summed E-state index contributed by atoms with van der Waals surface area (Å²) in [5, 5.41) is 11.0. The van der Waals surface area contributed by atoms with Crippen molar-refractivity contribution in [1.29, 1.82) is 0 Å². The highest BCUT2D eigenvalue weighted by Crippen LogP contribution is 2.33. The minimum absolute atomic E-state index is 0.0242. The summed E-state index contributed by atoms with van der Waals surface area (Å²) in [5.74, 6) is -3.99. The topological polar surface area (TPSA) is 261 Å². The average molecular weight is 1030 g/mol. The van der Waals surface area contributed by atoms with Crippen molar-refractivity contribution in [3.05, 3.63) is 60.9 Å². The number of ketones is 1. The molecule has 1 aliphatic heterocycles. The molecule has 404 valence electrons. The molecule has 3 aromatic heterocycles. The Kier molecular flexibility index (Phi) is 24.3. The molecule has 4 rings (SSSR count). The lowest BCUT2D eigenvalue weighted by molar-refractivity contribution is -0.173. The lowest BCUT2D eigenvalue weighted by Crippen LogP contribution is -2.42. The Bertz CT molecular complexity index is 2290. The number of hydrogen-bond acceptors (Lipinski definition) is 20. The largest absolute Gasteiger partial charge is 0.462 e. The Balaban J connectivity index is 1.63. The number of hydrogen-bond donors (Lipinski definition) is 1. The number of aliphatic hydroxyl groups excluding tert-OH is 1. The summed E-state index contributed by atoms with van der Waals surface area (Å²) < 4.78 is 63.6. The van der Waals surface area contributed by atoms with Crippen molar-refractivity contribution in [3.63, 3.8) is 0 Å². The van der Waals surface area contributed by atoms with E-state index in [0.717, 1.165) is 0 Å². The fourth-order valence-corrected chi connectivity index (χ4v) is 8.59. The molecule has 3 aromatic rings. The normalized spacial score (nSPS) is 24.1. The molecule has 0 aliphatic carbocycles. The number of ether oxygens (including phenoxy) is 8. The van der Waals surface area contributed by atoms with Crippen molar-refractivity contribution in [2.75, 3.05) is 49.2 Å². The molecule has 73 heavy (non-hydrogen) atoms. The van der Waals surface area contributed by atoms with E-state index in [9.17, 15) is 29.1 Å². The third-order valence-electron chi connectivity index (χ3n) is 13.1. The monoisotopic (exact) mass is 1030 g/mol. The Morgan fingerprint density at radius 1 is 0.863 bits per heavy atom. The molecule has 0 radical (unpaired) electrons. The van der Waals surface area contributed by atoms with Gasteiger partial charge in [0.15, 0.2) is 23.3 Å². The molecule has 21 heteroatoms. The van der Waals surface area contributed by atoms with Crippen molar-refractivity contribution in [3.8, 4) is 23.2 Å². The summed E-state index contributed by atoms with van der Waals surface area (Å²) in [7, 11) is 8.95. The third-order valence-corrected chi connectivity index (χ3v) is 13.1. The maximum Gasteiger partial charge on any atom is 0.337 e. The molecule has 0 saturated heterocycles. The molecule has 0 saturated carbocycles. The molecule has 4 heterocycles. The summed E-state index contributed by atoms with van der Waals surface area (Å²) in [4.78, 5) is 79.2. The molecular weight excluding hydrogens is 953 g/mol. The van der Waals surface area contributed by atoms with Gasteiger partial charge in [-0.15, -0.1) is 0 Å². The van der Waals surface area contributed by atoms with E-state index in [2.05, 4.69) is 15.0 Å². The summed E-state index contributed by atoms with van der Waals surface area (Å²) in [6.07, 6.45) is 8.87. The van der Waals surface area contributed by atoms with Crippen molar-refractivity contribution >= 4 is 36.2 Å². The number of fused-ring (bicyclic) bond motifs is 8. The smallest absolute Gasteiger partial charge is 0.337 e. The third kappa shape index (κ3) is 17.7. The Morgan fingerprint density at radius 3 is 2.21 bits per heavy atom. The van der Waals surface area contributed by atoms with Crippen molar-refractivity contribution in [2.24, 2.45) is 29.6 Å². The number of rotatable bonds is 21. The minimum Gasteiger partial charge on any atom is -0.462 e. The lowest BCUT2D eigenvalue weighted by Gasteiger charge is -2.35. The van der Waals surface area contributed by atoms with Gasteiger partial charge in [0.2, 0.25) is 24.1 Å². The van der Waals surface area contributed by atoms with Crippen LogP contribution < -0.4 is 0 Å². The summed E-state index contributed by atoms with van der Waals surface area (Å²) in [6.45, 7) is 10.4. The van der Waals surface area contributed by atoms with E-state index in [1.165, 1.54) is 64.1 Å². The van der Waals surface area contributed by atoms with Crippen molar-refractivity contribution in [1.82, 2.24) is 19.9 Å². The quantitative estimate of drug-likeness (QED) is 0.0657. The maximum atomic E-state index is 13.7. The zero-order valence-corrected chi connectivity index (χ0v) is 44.0. The number of methoxy groups -OCH3 is 5. The molecule has 0 unspecified atom stereocenters. The van der Waals surface area contributed by atoms with Crippen LogP contribution in [0, 0.1) is 29.6 Å². The van der Waals surface area contributed by atoms with Crippen LogP contribution in [0.5, 0.6) is 0 Å². The first-order valence-electron chi connectivity index (χ1n) is 24.3. The van der Waals surface area contributed by atoms with E-state index in [0.29, 0.717) is 37.1 Å². The average Bonchev–Trinajstić information content (AvgIpc) is 4.17. The molecule has 21 nitrogen and oxygen atoms in total. The first-order valence-corrected chi connectivity index (χ1v) is 24.3. The Hall–Kier alpha value is -5.84. The molecule has 1 amide bonds. The van der Waals surface area contributed by atoms with Gasteiger partial charge in [0.25, 0.3) is 0 Å². The van der Waals surface area contributed by atoms with Gasteiger partial charge in [0.05, 0.1) is 37.3 Å². The number of amides is 1. The van der Waals surface area contributed by atoms with E-state index < -0.39 is 90.4 Å². The lowest BCUT2D eigenvalue weighted by atomic mass is 9.83. The summed E-state index contributed by atoms with van der Waals surface area (Å²) in [5.41, 5.74) is 0.950. The van der Waals surface area contributed by atoms with Crippen LogP contribution in [0.1, 0.15) is 97.8 Å². The predicted molar refractivity (Wildman–Crippen MR) is 263 cm³/mol. The number of aliphatic hydroxyl groups is 1. The van der Waals surface area contributed by atoms with Gasteiger partial charge in [0.1, 0.15) is 48.9 Å². The second-order valence-corrected chi connectivity index (χ2v) is 18.5. The highest BCUT2D eigenvalue weighted by atomic mass is 16.6. The number of nitrogens with zero attached hydrogens (tertiary/aromatic N) is 4. The van der Waals surface area contributed by atoms with Crippen molar-refractivity contribution < 1.29 is 80.2 Å². The molecule has 1 N–H and O–H groups in total. The predicted octanol–water partition coefficient (Wildman–Crippen LogP) is 6.75. The first kappa shape index (κ1) is 59.7. The van der Waals surface area contributed by atoms with Gasteiger partial charge >= 0.3 is 17.9 Å². The van der Waals surface area contributed by atoms with Crippen LogP contribution >= 0.6 is 0 Å². The SMILES string of the molecule is COC[C@@H](OC)C(=O)O[C@H](CC[C@H](C)[C@H](C[C@@H]1OC(=O)C[C@@H](O)C/C=C/C(=O)[C@H](C)[C@H](OC)c2coc(n2)-c2coc(n2)-c2coc(n2)/C=C/C[C@H](OC)[C@H]1C)OC)[C@H](C)[C@H](OC(C)=O)[C@H](C)/C=C/N(C)C=O. The van der Waals surface area contributed by atoms with Gasteiger partial charge in [0, 0.05) is 79.9 Å². The summed E-state index contributed by atoms with van der Waals surface area (Å²) in [6, 6.07) is 0. The number of carbonyl (C=O) groups excluding carboxylic acids is 5. The standard InChI is InChI=1S/C52H74N4O17/c1-30(19-20-42(73-52(62)45(66-11)28-63-8)34(5)48(71-35(6)58)31(2)21-22-56(7)29-57)43(65-10)24-44-33(4)41(64-9)17-14-18-46-53-38(26-68-46)50-55-39(27-70-50)51-54-37(25-69-51)49(67-12)32(3)40(60)16-13-15-36(59)23-47(61)72-44/h13-14,16,18,21-22,25-27,29-34,36,41-45,48-49,59H,15,17,19-20,23-24,28H2,1-12H3/b16-13+,18-14+,22-21+/t30-,31+,32-,33+,34-,36-,41-,42+,43-,44-,45+,48+,49-/m0/s1. The maximum absolute atomic E-state index is 13.7. The number of aromatic nitrogens is 3. The molecule has 13 atom stereocenters. The van der Waals surface area contributed by atoms with Crippen LogP contribution in [0.25, 0.3) is 29.2 Å². The van der Waals surface area contributed by atoms with E-state index >= 15 is 0 Å². The summed E-state index contributed by atoms with van der Waals surface area (Å²) >= 11 is 0. The second kappa shape index (κ2) is 29.8. The van der Waals surface area contributed by atoms with Crippen LogP contribution in [0.15, 0.2) is 62.5 Å². The van der Waals surface area contributed by atoms with Crippen LogP contribution in [0.4, 0.5) is 0 Å². The van der Waals surface area contributed by atoms with Crippen LogP contribution in [-0.4, -0.2) is 147 Å². The fraction of sp³-hybridized carbons (Fsp3) is 0.615. The van der Waals surface area contributed by atoms with E-state index in [1.54, 1.807) is 46.5 Å². The van der Waals surface area contributed by atoms with Crippen LogP contribution in [0.3, 0.4) is 0 Å². The van der Waals surface area contributed by atoms with Gasteiger partial charge in [-0.3, -0.25) is 19.2 Å². The van der Waals surface area contributed by atoms with Crippen LogP contribution in [-0.2, 0) is 61.9 Å². The van der Waals surface area contributed by atoms with E-state index in [1.807, 2.05) is 33.8 Å².